The Bertz CT molecular complexity index is 1340. The summed E-state index contributed by atoms with van der Waals surface area (Å²) in [6.07, 6.45) is 4.39. The summed E-state index contributed by atoms with van der Waals surface area (Å²) in [6, 6.07) is 22.0. The zero-order valence-corrected chi connectivity index (χ0v) is 17.5. The minimum absolute atomic E-state index is 0.494. The largest absolute Gasteiger partial charge is 0.315 e. The van der Waals surface area contributed by atoms with Gasteiger partial charge < -0.3 is 9.80 Å². The van der Waals surface area contributed by atoms with E-state index in [9.17, 15) is 0 Å². The second-order valence-corrected chi connectivity index (χ2v) is 8.60. The maximum atomic E-state index is 9.02. The van der Waals surface area contributed by atoms with Crippen LogP contribution in [0.2, 0.25) is 0 Å². The summed E-state index contributed by atoms with van der Waals surface area (Å²) in [5.41, 5.74) is 7.94. The van der Waals surface area contributed by atoms with Crippen LogP contribution in [-0.2, 0) is 25.7 Å². The van der Waals surface area contributed by atoms with Gasteiger partial charge in [-0.2, -0.15) is 0 Å². The first-order chi connectivity index (χ1) is 14.6. The molecule has 4 aromatic carbocycles. The van der Waals surface area contributed by atoms with E-state index in [1.165, 1.54) is 43.8 Å². The van der Waals surface area contributed by atoms with Crippen molar-refractivity contribution in [2.24, 2.45) is 0 Å². The highest BCUT2D eigenvalue weighted by Gasteiger charge is 2.24. The van der Waals surface area contributed by atoms with Crippen molar-refractivity contribution in [3.05, 3.63) is 82.9 Å². The van der Waals surface area contributed by atoms with Crippen LogP contribution in [0.5, 0.6) is 0 Å². The van der Waals surface area contributed by atoms with Gasteiger partial charge in [0.15, 0.2) is 0 Å². The maximum Gasteiger partial charge on any atom is 0.202 e. The van der Waals surface area contributed by atoms with Crippen LogP contribution in [0.1, 0.15) is 22.3 Å². The lowest BCUT2D eigenvalue weighted by Crippen LogP contribution is -2.40. The van der Waals surface area contributed by atoms with Crippen LogP contribution in [0.15, 0.2) is 60.7 Å². The lowest BCUT2D eigenvalue weighted by Gasteiger charge is -2.30. The van der Waals surface area contributed by atoms with Gasteiger partial charge in [0.05, 0.1) is 5.69 Å². The molecule has 1 N–H and O–H groups in total. The lowest BCUT2D eigenvalue weighted by molar-refractivity contribution is 1.01. The molecular weight excluding hydrogens is 366 g/mol. The average Bonchev–Trinajstić information content (AvgIpc) is 3.40. The summed E-state index contributed by atoms with van der Waals surface area (Å²) in [7, 11) is 4.04. The molecule has 0 fully saturated rings. The Morgan fingerprint density at radius 1 is 0.667 bits per heavy atom. The van der Waals surface area contributed by atoms with Crippen molar-refractivity contribution >= 4 is 38.9 Å². The molecule has 3 nitrogen and oxygen atoms in total. The number of aryl methyl sites for hydroxylation is 4. The summed E-state index contributed by atoms with van der Waals surface area (Å²) in [5.74, 6) is 0.494. The lowest BCUT2D eigenvalue weighted by atomic mass is 10.0. The molecule has 2 aliphatic carbocycles. The monoisotopic (exact) mass is 391 g/mol. The van der Waals surface area contributed by atoms with E-state index in [0.29, 0.717) is 5.96 Å². The number of hydrogen-bond acceptors (Lipinski definition) is 1. The predicted octanol–water partition coefficient (Wildman–Crippen LogP) is 5.70. The molecule has 0 amide bonds. The zero-order chi connectivity index (χ0) is 20.4. The van der Waals surface area contributed by atoms with E-state index in [1.54, 1.807) is 0 Å². The standard InChI is InChI=1S/C27H25N3/c1-29(23-16-13-20-10-9-17-7-4-8-21(23)26(17)20)27(28)30(2)24-15-12-19-6-3-5-18-11-14-22(24)25(18)19/h3-8,12-13,15-16,28H,9-11,14H2,1-2H3. The maximum absolute atomic E-state index is 9.02. The second kappa shape index (κ2) is 6.33. The van der Waals surface area contributed by atoms with E-state index in [2.05, 4.69) is 60.7 Å². The first-order valence-corrected chi connectivity index (χ1v) is 10.8. The molecule has 0 bridgehead atoms. The number of anilines is 2. The van der Waals surface area contributed by atoms with Crippen LogP contribution >= 0.6 is 0 Å². The van der Waals surface area contributed by atoms with E-state index >= 15 is 0 Å². The SMILES string of the molecule is CN(C(=N)N(C)c1ccc2c3c(cccc13)CC2)c1ccc2cccc3c2c1CC3. The fraction of sp³-hybridized carbons (Fsp3) is 0.222. The predicted molar refractivity (Wildman–Crippen MR) is 127 cm³/mol. The molecule has 0 unspecified atom stereocenters. The Morgan fingerprint density at radius 3 is 2.13 bits per heavy atom. The average molecular weight is 392 g/mol. The third-order valence-corrected chi connectivity index (χ3v) is 7.07. The molecule has 3 heteroatoms. The number of benzene rings is 4. The third kappa shape index (κ3) is 2.35. The van der Waals surface area contributed by atoms with Crippen LogP contribution in [0, 0.1) is 5.41 Å². The highest BCUT2D eigenvalue weighted by Crippen LogP contribution is 2.39. The molecule has 2 aliphatic rings. The normalized spacial score (nSPS) is 13.9. The molecule has 6 rings (SSSR count). The molecule has 0 atom stereocenters. The van der Waals surface area contributed by atoms with E-state index in [1.807, 2.05) is 23.9 Å². The van der Waals surface area contributed by atoms with Gasteiger partial charge in [-0.1, -0.05) is 48.5 Å². The molecule has 0 aliphatic heterocycles. The van der Waals surface area contributed by atoms with E-state index in [4.69, 9.17) is 5.41 Å². The quantitative estimate of drug-likeness (QED) is 0.351. The number of guanidine groups is 1. The highest BCUT2D eigenvalue weighted by molar-refractivity contribution is 6.12. The van der Waals surface area contributed by atoms with Crippen LogP contribution in [-0.4, -0.2) is 20.1 Å². The Balaban J connectivity index is 1.41. The second-order valence-electron chi connectivity index (χ2n) is 8.60. The molecule has 4 aromatic rings. The zero-order valence-electron chi connectivity index (χ0n) is 17.5. The first-order valence-electron chi connectivity index (χ1n) is 10.8. The molecular formula is C27H25N3. The molecule has 0 radical (unpaired) electrons. The summed E-state index contributed by atoms with van der Waals surface area (Å²) >= 11 is 0. The number of rotatable bonds is 2. The minimum atomic E-state index is 0.494. The smallest absolute Gasteiger partial charge is 0.202 e. The van der Waals surface area contributed by atoms with Gasteiger partial charge >= 0.3 is 0 Å². The van der Waals surface area contributed by atoms with Crippen LogP contribution in [0.4, 0.5) is 11.4 Å². The van der Waals surface area contributed by atoms with Crippen molar-refractivity contribution in [1.29, 1.82) is 5.41 Å². The van der Waals surface area contributed by atoms with Gasteiger partial charge in [0.2, 0.25) is 5.96 Å². The van der Waals surface area contributed by atoms with Crippen molar-refractivity contribution in [2.45, 2.75) is 25.7 Å². The van der Waals surface area contributed by atoms with Crippen LogP contribution < -0.4 is 9.80 Å². The Morgan fingerprint density at radius 2 is 1.30 bits per heavy atom. The van der Waals surface area contributed by atoms with Crippen molar-refractivity contribution < 1.29 is 0 Å². The fourth-order valence-corrected chi connectivity index (χ4v) is 5.54. The summed E-state index contributed by atoms with van der Waals surface area (Å²) < 4.78 is 0. The molecule has 148 valence electrons. The molecule has 0 heterocycles. The summed E-state index contributed by atoms with van der Waals surface area (Å²) in [6.45, 7) is 0. The van der Waals surface area contributed by atoms with Crippen molar-refractivity contribution in [3.8, 4) is 0 Å². The Hall–Kier alpha value is -3.33. The number of hydrogen-bond donors (Lipinski definition) is 1. The third-order valence-electron chi connectivity index (χ3n) is 7.07. The van der Waals surface area contributed by atoms with Crippen molar-refractivity contribution in [2.75, 3.05) is 23.9 Å². The van der Waals surface area contributed by atoms with Gasteiger partial charge in [0.1, 0.15) is 0 Å². The molecule has 0 saturated carbocycles. The molecule has 0 aromatic heterocycles. The van der Waals surface area contributed by atoms with E-state index < -0.39 is 0 Å². The minimum Gasteiger partial charge on any atom is -0.315 e. The Kier molecular flexibility index (Phi) is 3.70. The first kappa shape index (κ1) is 17.5. The number of nitrogens with one attached hydrogen (secondary N) is 1. The highest BCUT2D eigenvalue weighted by atomic mass is 15.3. The van der Waals surface area contributed by atoms with E-state index in [-0.39, 0.29) is 0 Å². The van der Waals surface area contributed by atoms with Crippen molar-refractivity contribution in [1.82, 2.24) is 0 Å². The van der Waals surface area contributed by atoms with Gasteiger partial charge in [0.25, 0.3) is 0 Å². The van der Waals surface area contributed by atoms with E-state index in [0.717, 1.165) is 37.1 Å². The fourth-order valence-electron chi connectivity index (χ4n) is 5.54. The van der Waals surface area contributed by atoms with Gasteiger partial charge in [-0.05, 0) is 76.2 Å². The summed E-state index contributed by atoms with van der Waals surface area (Å²) in [4.78, 5) is 4.07. The van der Waals surface area contributed by atoms with Gasteiger partial charge in [-0.3, -0.25) is 5.41 Å². The topological polar surface area (TPSA) is 30.3 Å². The molecule has 0 spiro atoms. The molecule has 0 saturated heterocycles. The number of nitrogens with zero attached hydrogens (tertiary/aromatic N) is 2. The van der Waals surface area contributed by atoms with Crippen molar-refractivity contribution in [3.63, 3.8) is 0 Å². The van der Waals surface area contributed by atoms with Gasteiger partial charge in [-0.25, -0.2) is 0 Å². The Labute approximate surface area is 177 Å². The molecule has 30 heavy (non-hydrogen) atoms. The summed E-state index contributed by atoms with van der Waals surface area (Å²) in [5, 5.41) is 14.4. The van der Waals surface area contributed by atoms with Crippen LogP contribution in [0.25, 0.3) is 21.5 Å². The van der Waals surface area contributed by atoms with Gasteiger partial charge in [-0.15, -0.1) is 0 Å². The van der Waals surface area contributed by atoms with Crippen LogP contribution in [0.3, 0.4) is 0 Å². The van der Waals surface area contributed by atoms with Gasteiger partial charge in [0, 0.05) is 25.2 Å².